The molecule has 8 nitrogen and oxygen atoms in total. The standard InChI is InChI=1S/C42H54N4O4/c1-49-39-17-9-7-15-37(39)31-43-27-11-3-5-13-29-45-41(47)35-23-19-33(20-24-35)34-21-25-36(26-22-34)42(48)46-30-14-6-4-12-28-44-32-38-16-8-10-18-40(38)50-2/h7-10,15-26,43-44H,3-6,11-14,27-32H2,1-2H3,(H,45,47)(H,46,48). The summed E-state index contributed by atoms with van der Waals surface area (Å²) in [6.07, 6.45) is 8.51. The molecule has 4 aromatic rings. The van der Waals surface area contributed by atoms with E-state index in [1.165, 1.54) is 11.1 Å². The van der Waals surface area contributed by atoms with E-state index in [9.17, 15) is 9.59 Å². The van der Waals surface area contributed by atoms with Crippen LogP contribution < -0.4 is 30.7 Å². The number of benzene rings is 4. The molecule has 0 unspecified atom stereocenters. The third-order valence-corrected chi connectivity index (χ3v) is 8.78. The van der Waals surface area contributed by atoms with Crippen LogP contribution in [-0.4, -0.2) is 52.2 Å². The minimum Gasteiger partial charge on any atom is -0.496 e. The molecule has 0 radical (unpaired) electrons. The number of rotatable bonds is 23. The van der Waals surface area contributed by atoms with Crippen molar-refractivity contribution >= 4 is 11.8 Å². The lowest BCUT2D eigenvalue weighted by molar-refractivity contribution is 0.0944. The predicted molar refractivity (Wildman–Crippen MR) is 203 cm³/mol. The van der Waals surface area contributed by atoms with E-state index < -0.39 is 0 Å². The van der Waals surface area contributed by atoms with Gasteiger partial charge >= 0.3 is 0 Å². The van der Waals surface area contributed by atoms with Gasteiger partial charge in [-0.2, -0.15) is 0 Å². The molecule has 0 saturated heterocycles. The lowest BCUT2D eigenvalue weighted by Gasteiger charge is -2.10. The molecule has 0 atom stereocenters. The Morgan fingerprint density at radius 1 is 0.460 bits per heavy atom. The zero-order chi connectivity index (χ0) is 35.2. The van der Waals surface area contributed by atoms with Crippen LogP contribution in [0.3, 0.4) is 0 Å². The van der Waals surface area contributed by atoms with E-state index in [0.29, 0.717) is 24.2 Å². The van der Waals surface area contributed by atoms with Crippen molar-refractivity contribution < 1.29 is 19.1 Å². The molecule has 4 rings (SSSR count). The number of ether oxygens (including phenoxy) is 2. The number of methoxy groups -OCH3 is 2. The molecule has 0 aliphatic heterocycles. The topological polar surface area (TPSA) is 101 Å². The molecule has 0 aliphatic carbocycles. The summed E-state index contributed by atoms with van der Waals surface area (Å²) in [5, 5.41) is 13.0. The van der Waals surface area contributed by atoms with Crippen LogP contribution in [-0.2, 0) is 13.1 Å². The third kappa shape index (κ3) is 13.0. The van der Waals surface area contributed by atoms with Gasteiger partial charge in [0, 0.05) is 48.4 Å². The summed E-state index contributed by atoms with van der Waals surface area (Å²) in [7, 11) is 3.40. The summed E-state index contributed by atoms with van der Waals surface area (Å²) in [5.41, 5.74) is 5.64. The summed E-state index contributed by atoms with van der Waals surface area (Å²) in [4.78, 5) is 25.3. The molecular formula is C42H54N4O4. The van der Waals surface area contributed by atoms with E-state index in [0.717, 1.165) is 100 Å². The first kappa shape index (κ1) is 38.1. The van der Waals surface area contributed by atoms with E-state index in [-0.39, 0.29) is 11.8 Å². The van der Waals surface area contributed by atoms with Crippen molar-refractivity contribution in [3.8, 4) is 22.6 Å². The first-order chi connectivity index (χ1) is 24.6. The zero-order valence-corrected chi connectivity index (χ0v) is 29.8. The molecule has 4 N–H and O–H groups in total. The summed E-state index contributed by atoms with van der Waals surface area (Å²) >= 11 is 0. The number of nitrogens with one attached hydrogen (secondary N) is 4. The van der Waals surface area contributed by atoms with Crippen LogP contribution in [0.25, 0.3) is 11.1 Å². The van der Waals surface area contributed by atoms with Gasteiger partial charge in [-0.3, -0.25) is 9.59 Å². The Labute approximate surface area is 298 Å². The summed E-state index contributed by atoms with van der Waals surface area (Å²) < 4.78 is 10.8. The van der Waals surface area contributed by atoms with Gasteiger partial charge in [0.25, 0.3) is 11.8 Å². The van der Waals surface area contributed by atoms with Crippen molar-refractivity contribution in [2.75, 3.05) is 40.4 Å². The van der Waals surface area contributed by atoms with Crippen molar-refractivity contribution in [2.45, 2.75) is 64.5 Å². The van der Waals surface area contributed by atoms with E-state index in [2.05, 4.69) is 33.4 Å². The van der Waals surface area contributed by atoms with Crippen LogP contribution in [0, 0.1) is 0 Å². The molecule has 0 heterocycles. The van der Waals surface area contributed by atoms with E-state index >= 15 is 0 Å². The Kier molecular flexibility index (Phi) is 16.9. The fourth-order valence-corrected chi connectivity index (χ4v) is 5.84. The van der Waals surface area contributed by atoms with Crippen molar-refractivity contribution in [1.82, 2.24) is 21.3 Å². The van der Waals surface area contributed by atoms with Crippen LogP contribution in [0.1, 0.15) is 83.2 Å². The first-order valence-corrected chi connectivity index (χ1v) is 18.0. The molecule has 8 heteroatoms. The van der Waals surface area contributed by atoms with Crippen LogP contribution in [0.4, 0.5) is 0 Å². The quantitative estimate of drug-likeness (QED) is 0.0606. The van der Waals surface area contributed by atoms with Crippen LogP contribution in [0.5, 0.6) is 11.5 Å². The van der Waals surface area contributed by atoms with Gasteiger partial charge in [-0.25, -0.2) is 0 Å². The second kappa shape index (κ2) is 22.1. The van der Waals surface area contributed by atoms with Gasteiger partial charge in [-0.15, -0.1) is 0 Å². The zero-order valence-electron chi connectivity index (χ0n) is 29.8. The second-order valence-corrected chi connectivity index (χ2v) is 12.5. The highest BCUT2D eigenvalue weighted by Crippen LogP contribution is 2.21. The molecule has 4 aromatic carbocycles. The SMILES string of the molecule is COc1ccccc1CNCCCCCCNC(=O)c1ccc(-c2ccc(C(=O)NCCCCCCNCc3ccccc3OC)cc2)cc1. The minimum absolute atomic E-state index is 0.0529. The maximum absolute atomic E-state index is 12.6. The molecule has 0 aromatic heterocycles. The molecule has 266 valence electrons. The van der Waals surface area contributed by atoms with Gasteiger partial charge in [-0.05, 0) is 86.3 Å². The van der Waals surface area contributed by atoms with Gasteiger partial charge in [0.2, 0.25) is 0 Å². The highest BCUT2D eigenvalue weighted by atomic mass is 16.5. The maximum atomic E-state index is 12.6. The summed E-state index contributed by atoms with van der Waals surface area (Å²) in [5.74, 6) is 1.73. The average Bonchev–Trinajstić information content (AvgIpc) is 3.16. The number of hydrogen-bond acceptors (Lipinski definition) is 6. The van der Waals surface area contributed by atoms with E-state index in [1.54, 1.807) is 14.2 Å². The Morgan fingerprint density at radius 3 is 1.20 bits per heavy atom. The van der Waals surface area contributed by atoms with Crippen molar-refractivity contribution in [3.05, 3.63) is 119 Å². The smallest absolute Gasteiger partial charge is 0.251 e. The molecule has 0 saturated carbocycles. The normalized spacial score (nSPS) is 10.8. The fraction of sp³-hybridized carbons (Fsp3) is 0.381. The number of hydrogen-bond donors (Lipinski definition) is 4. The Balaban J connectivity index is 1.03. The van der Waals surface area contributed by atoms with Gasteiger partial charge in [0.05, 0.1) is 14.2 Å². The molecule has 0 spiro atoms. The number of amides is 2. The molecule has 0 bridgehead atoms. The number of para-hydroxylation sites is 2. The van der Waals surface area contributed by atoms with Gasteiger partial charge < -0.3 is 30.7 Å². The highest BCUT2D eigenvalue weighted by Gasteiger charge is 2.08. The number of carbonyl (C=O) groups excluding carboxylic acids is 2. The van der Waals surface area contributed by atoms with Gasteiger partial charge in [-0.1, -0.05) is 86.3 Å². The number of carbonyl (C=O) groups is 2. The maximum Gasteiger partial charge on any atom is 0.251 e. The van der Waals surface area contributed by atoms with Gasteiger partial charge in [0.1, 0.15) is 11.5 Å². The molecule has 2 amide bonds. The molecular weight excluding hydrogens is 624 g/mol. The molecule has 0 aliphatic rings. The van der Waals surface area contributed by atoms with Crippen LogP contribution in [0.2, 0.25) is 0 Å². The third-order valence-electron chi connectivity index (χ3n) is 8.78. The van der Waals surface area contributed by atoms with Crippen molar-refractivity contribution in [1.29, 1.82) is 0 Å². The second-order valence-electron chi connectivity index (χ2n) is 12.5. The van der Waals surface area contributed by atoms with Crippen LogP contribution in [0.15, 0.2) is 97.1 Å². The Hall–Kier alpha value is -4.66. The van der Waals surface area contributed by atoms with Crippen molar-refractivity contribution in [3.63, 3.8) is 0 Å². The lowest BCUT2D eigenvalue weighted by Crippen LogP contribution is -2.24. The summed E-state index contributed by atoms with van der Waals surface area (Å²) in [6.45, 7) is 4.85. The van der Waals surface area contributed by atoms with Crippen molar-refractivity contribution in [2.24, 2.45) is 0 Å². The predicted octanol–water partition coefficient (Wildman–Crippen LogP) is 7.53. The first-order valence-electron chi connectivity index (χ1n) is 18.0. The lowest BCUT2D eigenvalue weighted by atomic mass is 10.0. The van der Waals surface area contributed by atoms with E-state index in [1.807, 2.05) is 84.9 Å². The average molecular weight is 679 g/mol. The molecule has 50 heavy (non-hydrogen) atoms. The highest BCUT2D eigenvalue weighted by molar-refractivity contribution is 5.95. The Morgan fingerprint density at radius 2 is 0.820 bits per heavy atom. The van der Waals surface area contributed by atoms with Gasteiger partial charge in [0.15, 0.2) is 0 Å². The minimum atomic E-state index is -0.0529. The monoisotopic (exact) mass is 678 g/mol. The summed E-state index contributed by atoms with van der Waals surface area (Å²) in [6, 6.07) is 31.4. The van der Waals surface area contributed by atoms with Crippen LogP contribution >= 0.6 is 0 Å². The van der Waals surface area contributed by atoms with E-state index in [4.69, 9.17) is 9.47 Å². The number of unbranched alkanes of at least 4 members (excludes halogenated alkanes) is 6. The fourth-order valence-electron chi connectivity index (χ4n) is 5.84. The Bertz CT molecular complexity index is 1450. The largest absolute Gasteiger partial charge is 0.496 e. The molecule has 0 fully saturated rings.